The van der Waals surface area contributed by atoms with Gasteiger partial charge in [-0.2, -0.15) is 0 Å². The zero-order valence-corrected chi connectivity index (χ0v) is 20.8. The van der Waals surface area contributed by atoms with Gasteiger partial charge in [-0.3, -0.25) is 0 Å². The molecule has 1 unspecified atom stereocenters. The van der Waals surface area contributed by atoms with Gasteiger partial charge in [-0.1, -0.05) is 31.5 Å². The Balaban J connectivity index is 1.31. The molecule has 0 radical (unpaired) electrons. The van der Waals surface area contributed by atoms with Crippen LogP contribution in [-0.4, -0.2) is 16.3 Å². The smallest absolute Gasteiger partial charge is 0.162 e. The minimum absolute atomic E-state index is 0.0275. The molecule has 2 nitrogen and oxygen atoms in total. The van der Waals surface area contributed by atoms with E-state index in [4.69, 9.17) is 0 Å². The van der Waals surface area contributed by atoms with Crippen molar-refractivity contribution in [3.63, 3.8) is 0 Å². The Kier molecular flexibility index (Phi) is 8.80. The number of aliphatic hydroxyl groups is 1. The molecule has 5 heteroatoms. The van der Waals surface area contributed by atoms with Crippen LogP contribution in [0, 0.1) is 29.3 Å². The van der Waals surface area contributed by atoms with Crippen LogP contribution in [0.3, 0.4) is 0 Å². The summed E-state index contributed by atoms with van der Waals surface area (Å²) in [7, 11) is 0. The molecule has 2 saturated carbocycles. The second-order valence-electron chi connectivity index (χ2n) is 10.9. The van der Waals surface area contributed by atoms with Crippen LogP contribution in [0.1, 0.15) is 106 Å². The zero-order chi connectivity index (χ0) is 24.9. The van der Waals surface area contributed by atoms with Crippen LogP contribution in [0.15, 0.2) is 30.3 Å². The fraction of sp³-hybridized carbons (Fsp3) is 0.600. The molecule has 0 spiro atoms. The van der Waals surface area contributed by atoms with Gasteiger partial charge in [-0.15, -0.1) is 0 Å². The number of phenols is 1. The highest BCUT2D eigenvalue weighted by molar-refractivity contribution is 5.32. The highest BCUT2D eigenvalue weighted by atomic mass is 19.2. The number of hydrogen-bond acceptors (Lipinski definition) is 2. The van der Waals surface area contributed by atoms with Crippen LogP contribution in [0.25, 0.3) is 0 Å². The van der Waals surface area contributed by atoms with Crippen molar-refractivity contribution in [2.24, 2.45) is 11.8 Å². The Labute approximate surface area is 207 Å². The summed E-state index contributed by atoms with van der Waals surface area (Å²) in [6.07, 6.45) is 9.80. The molecule has 4 rings (SSSR count). The van der Waals surface area contributed by atoms with E-state index in [2.05, 4.69) is 6.92 Å². The van der Waals surface area contributed by atoms with E-state index in [0.717, 1.165) is 76.7 Å². The molecule has 192 valence electrons. The quantitative estimate of drug-likeness (QED) is 0.394. The van der Waals surface area contributed by atoms with E-state index in [9.17, 15) is 14.6 Å². The molecule has 0 aliphatic heterocycles. The molecule has 2 aliphatic rings. The van der Waals surface area contributed by atoms with Crippen molar-refractivity contribution in [1.29, 1.82) is 0 Å². The molecule has 2 aromatic carbocycles. The summed E-state index contributed by atoms with van der Waals surface area (Å²) in [5.74, 6) is -1.01. The summed E-state index contributed by atoms with van der Waals surface area (Å²) in [5.41, 5.74) is 1.61. The van der Waals surface area contributed by atoms with Gasteiger partial charge in [0, 0.05) is 6.07 Å². The van der Waals surface area contributed by atoms with E-state index in [1.54, 1.807) is 12.1 Å². The predicted molar refractivity (Wildman–Crippen MR) is 133 cm³/mol. The molecule has 2 fully saturated rings. The maximum Gasteiger partial charge on any atom is 0.162 e. The van der Waals surface area contributed by atoms with Gasteiger partial charge in [-0.25, -0.2) is 13.2 Å². The Morgan fingerprint density at radius 3 is 1.94 bits per heavy atom. The van der Waals surface area contributed by atoms with Gasteiger partial charge >= 0.3 is 0 Å². The third kappa shape index (κ3) is 6.22. The summed E-state index contributed by atoms with van der Waals surface area (Å²) in [6, 6.07) is 7.91. The van der Waals surface area contributed by atoms with E-state index in [1.807, 2.05) is 6.07 Å². The molecular weight excluding hydrogens is 449 g/mol. The summed E-state index contributed by atoms with van der Waals surface area (Å²) in [6.45, 7) is 2.07. The number of benzene rings is 2. The fourth-order valence-electron chi connectivity index (χ4n) is 6.42. The molecule has 0 heterocycles. The summed E-state index contributed by atoms with van der Waals surface area (Å²) in [5, 5.41) is 19.6. The lowest BCUT2D eigenvalue weighted by Crippen LogP contribution is -2.25. The third-order valence-electron chi connectivity index (χ3n) is 8.63. The first-order valence-corrected chi connectivity index (χ1v) is 13.5. The zero-order valence-electron chi connectivity index (χ0n) is 20.8. The van der Waals surface area contributed by atoms with E-state index in [0.29, 0.717) is 29.0 Å². The molecule has 0 bridgehead atoms. The van der Waals surface area contributed by atoms with Crippen molar-refractivity contribution in [3.8, 4) is 5.75 Å². The van der Waals surface area contributed by atoms with Crippen molar-refractivity contribution in [2.45, 2.75) is 102 Å². The van der Waals surface area contributed by atoms with Crippen molar-refractivity contribution < 1.29 is 23.4 Å². The van der Waals surface area contributed by atoms with Gasteiger partial charge in [0.15, 0.2) is 11.6 Å². The Bertz CT molecular complexity index is 976. The minimum atomic E-state index is -0.676. The molecule has 35 heavy (non-hydrogen) atoms. The number of halogens is 3. The number of aliphatic hydroxyl groups excluding tert-OH is 1. The van der Waals surface area contributed by atoms with E-state index < -0.39 is 11.6 Å². The van der Waals surface area contributed by atoms with E-state index in [1.165, 1.54) is 6.07 Å². The molecule has 2 N–H and O–H groups in total. The van der Waals surface area contributed by atoms with Crippen LogP contribution in [0.2, 0.25) is 0 Å². The lowest BCUT2D eigenvalue weighted by molar-refractivity contribution is 0.0727. The average molecular weight is 489 g/mol. The molecule has 2 aliphatic carbocycles. The van der Waals surface area contributed by atoms with Crippen LogP contribution in [0.5, 0.6) is 5.75 Å². The minimum Gasteiger partial charge on any atom is -0.508 e. The highest BCUT2D eigenvalue weighted by Crippen LogP contribution is 2.42. The lowest BCUT2D eigenvalue weighted by Gasteiger charge is -2.32. The normalized spacial score (nSPS) is 26.0. The predicted octanol–water partition coefficient (Wildman–Crippen LogP) is 8.15. The maximum absolute atomic E-state index is 15.2. The summed E-state index contributed by atoms with van der Waals surface area (Å²) < 4.78 is 44.3. The van der Waals surface area contributed by atoms with Gasteiger partial charge in [0.1, 0.15) is 11.6 Å². The summed E-state index contributed by atoms with van der Waals surface area (Å²) in [4.78, 5) is 0. The number of aromatic hydroxyl groups is 1. The summed E-state index contributed by atoms with van der Waals surface area (Å²) >= 11 is 0. The highest BCUT2D eigenvalue weighted by Gasteiger charge is 2.31. The first kappa shape index (κ1) is 26.1. The Morgan fingerprint density at radius 2 is 1.40 bits per heavy atom. The number of hydrogen-bond donors (Lipinski definition) is 2. The van der Waals surface area contributed by atoms with Crippen molar-refractivity contribution in [2.75, 3.05) is 0 Å². The van der Waals surface area contributed by atoms with Gasteiger partial charge in [0.2, 0.25) is 0 Å². The van der Waals surface area contributed by atoms with E-state index >= 15 is 8.78 Å². The second kappa shape index (κ2) is 11.8. The molecule has 1 atom stereocenters. The average Bonchev–Trinajstić information content (AvgIpc) is 2.86. The van der Waals surface area contributed by atoms with Gasteiger partial charge in [0.25, 0.3) is 0 Å². The van der Waals surface area contributed by atoms with Crippen molar-refractivity contribution in [3.05, 3.63) is 64.5 Å². The monoisotopic (exact) mass is 488 g/mol. The second-order valence-corrected chi connectivity index (χ2v) is 10.9. The topological polar surface area (TPSA) is 40.5 Å². The molecule has 2 aromatic rings. The lowest BCUT2D eigenvalue weighted by atomic mass is 9.74. The molecular formula is C30H39F3O2. The van der Waals surface area contributed by atoms with Crippen molar-refractivity contribution in [1.82, 2.24) is 0 Å². The van der Waals surface area contributed by atoms with Crippen LogP contribution in [0.4, 0.5) is 13.2 Å². The maximum atomic E-state index is 15.2. The van der Waals surface area contributed by atoms with Crippen LogP contribution in [-0.2, 0) is 6.42 Å². The number of phenolic OH excluding ortho intramolecular Hbond substituents is 1. The van der Waals surface area contributed by atoms with Gasteiger partial charge in [0.05, 0.1) is 6.10 Å². The first-order valence-electron chi connectivity index (χ1n) is 13.5. The number of aryl methyl sites for hydroxylation is 1. The van der Waals surface area contributed by atoms with Crippen molar-refractivity contribution >= 4 is 0 Å². The van der Waals surface area contributed by atoms with Crippen LogP contribution >= 0.6 is 0 Å². The molecule has 0 amide bonds. The van der Waals surface area contributed by atoms with Crippen LogP contribution < -0.4 is 0 Å². The third-order valence-corrected chi connectivity index (χ3v) is 8.63. The number of rotatable bonds is 8. The standard InChI is InChI=1S/C30H39F3O2/c1-2-3-28(35)23-12-10-21(11-13-23)26-17-16-25(29(32)30(26)33)20-7-4-19(5-8-20)6-9-22-14-15-24(34)18-27(22)31/h14-21,23,28,34-35H,2-13H2,1H3. The fourth-order valence-corrected chi connectivity index (χ4v) is 6.42. The van der Waals surface area contributed by atoms with Gasteiger partial charge in [-0.05, 0) is 117 Å². The Morgan fingerprint density at radius 1 is 0.829 bits per heavy atom. The van der Waals surface area contributed by atoms with E-state index in [-0.39, 0.29) is 35.4 Å². The SMILES string of the molecule is CCCC(O)C1CCC(c2ccc(C3CCC(CCc4ccc(O)cc4F)CC3)c(F)c2F)CC1. The Hall–Kier alpha value is -2.01. The largest absolute Gasteiger partial charge is 0.508 e. The van der Waals surface area contributed by atoms with Gasteiger partial charge < -0.3 is 10.2 Å². The first-order chi connectivity index (χ1) is 16.9. The molecule has 0 aromatic heterocycles. The molecule has 0 saturated heterocycles.